The van der Waals surface area contributed by atoms with Crippen LogP contribution in [0.2, 0.25) is 0 Å². The summed E-state index contributed by atoms with van der Waals surface area (Å²) in [5.41, 5.74) is 8.73. The molecule has 0 bridgehead atoms. The molecule has 0 fully saturated rings. The Labute approximate surface area is 118 Å². The lowest BCUT2D eigenvalue weighted by molar-refractivity contribution is 0.128. The van der Waals surface area contributed by atoms with Gasteiger partial charge in [-0.1, -0.05) is 0 Å². The maximum absolute atomic E-state index is 5.84. The predicted molar refractivity (Wildman–Crippen MR) is 78.5 cm³/mol. The topological polar surface area (TPSA) is 70.3 Å². The number of ether oxygens (including phenoxy) is 2. The molecule has 5 nitrogen and oxygen atoms in total. The summed E-state index contributed by atoms with van der Waals surface area (Å²) in [6.07, 6.45) is 0. The molecule has 0 radical (unpaired) electrons. The second-order valence-corrected chi connectivity index (χ2v) is 4.41. The second kappa shape index (κ2) is 6.34. The van der Waals surface area contributed by atoms with Crippen molar-refractivity contribution >= 4 is 5.82 Å². The van der Waals surface area contributed by atoms with Crippen LogP contribution in [0.4, 0.5) is 5.82 Å². The van der Waals surface area contributed by atoms with Crippen LogP contribution in [0.25, 0.3) is 11.3 Å². The van der Waals surface area contributed by atoms with E-state index in [1.807, 2.05) is 32.0 Å². The number of anilines is 1. The van der Waals surface area contributed by atoms with Crippen LogP contribution < -0.4 is 10.5 Å². The van der Waals surface area contributed by atoms with E-state index in [9.17, 15) is 0 Å². The van der Waals surface area contributed by atoms with Crippen molar-refractivity contribution in [1.29, 1.82) is 0 Å². The highest BCUT2D eigenvalue weighted by atomic mass is 16.5. The van der Waals surface area contributed by atoms with Crippen LogP contribution in [0, 0.1) is 6.92 Å². The monoisotopic (exact) mass is 273 g/mol. The third kappa shape index (κ3) is 3.24. The standard InChI is InChI=1S/C15H19N3O2/c1-4-20-9-15-17-13(8-14(16)18-15)12-6-5-11(19-3)7-10(12)2/h5-8H,4,9H2,1-3H3,(H2,16,17,18). The highest BCUT2D eigenvalue weighted by Crippen LogP contribution is 2.26. The summed E-state index contributed by atoms with van der Waals surface area (Å²) in [7, 11) is 1.65. The van der Waals surface area contributed by atoms with Gasteiger partial charge in [0.05, 0.1) is 12.8 Å². The average Bonchev–Trinajstić information content (AvgIpc) is 2.44. The molecule has 2 aromatic rings. The summed E-state index contributed by atoms with van der Waals surface area (Å²) >= 11 is 0. The second-order valence-electron chi connectivity index (χ2n) is 4.41. The van der Waals surface area contributed by atoms with Crippen molar-refractivity contribution in [3.8, 4) is 17.0 Å². The van der Waals surface area contributed by atoms with E-state index in [1.165, 1.54) is 0 Å². The Morgan fingerprint density at radius 1 is 1.20 bits per heavy atom. The summed E-state index contributed by atoms with van der Waals surface area (Å²) < 4.78 is 10.5. The van der Waals surface area contributed by atoms with Crippen molar-refractivity contribution < 1.29 is 9.47 Å². The fourth-order valence-electron chi connectivity index (χ4n) is 1.96. The zero-order valence-corrected chi connectivity index (χ0v) is 12.0. The quantitative estimate of drug-likeness (QED) is 0.906. The van der Waals surface area contributed by atoms with Crippen molar-refractivity contribution in [1.82, 2.24) is 9.97 Å². The summed E-state index contributed by atoms with van der Waals surface area (Å²) in [6.45, 7) is 4.93. The molecule has 0 unspecified atom stereocenters. The molecular weight excluding hydrogens is 254 g/mol. The van der Waals surface area contributed by atoms with E-state index in [0.717, 1.165) is 22.6 Å². The van der Waals surface area contributed by atoms with E-state index in [-0.39, 0.29) is 0 Å². The summed E-state index contributed by atoms with van der Waals surface area (Å²) in [5.74, 6) is 1.86. The molecule has 0 spiro atoms. The van der Waals surface area contributed by atoms with E-state index < -0.39 is 0 Å². The molecule has 0 aliphatic heterocycles. The lowest BCUT2D eigenvalue weighted by Gasteiger charge is -2.10. The number of hydrogen-bond donors (Lipinski definition) is 1. The van der Waals surface area contributed by atoms with Gasteiger partial charge in [0.15, 0.2) is 5.82 Å². The van der Waals surface area contributed by atoms with Crippen LogP contribution >= 0.6 is 0 Å². The van der Waals surface area contributed by atoms with Crippen LogP contribution in [0.1, 0.15) is 18.3 Å². The van der Waals surface area contributed by atoms with E-state index in [2.05, 4.69) is 9.97 Å². The molecule has 0 aliphatic rings. The molecule has 0 atom stereocenters. The van der Waals surface area contributed by atoms with Gasteiger partial charge in [-0.25, -0.2) is 9.97 Å². The summed E-state index contributed by atoms with van der Waals surface area (Å²) in [6, 6.07) is 7.61. The molecule has 2 rings (SSSR count). The van der Waals surface area contributed by atoms with Gasteiger partial charge in [0.1, 0.15) is 18.2 Å². The van der Waals surface area contributed by atoms with Crippen LogP contribution in [0.3, 0.4) is 0 Å². The highest BCUT2D eigenvalue weighted by Gasteiger charge is 2.08. The minimum absolute atomic E-state index is 0.365. The molecule has 0 amide bonds. The Hall–Kier alpha value is -2.14. The molecular formula is C15H19N3O2. The average molecular weight is 273 g/mol. The van der Waals surface area contributed by atoms with E-state index in [4.69, 9.17) is 15.2 Å². The van der Waals surface area contributed by atoms with E-state index in [0.29, 0.717) is 24.9 Å². The Bertz CT molecular complexity index is 600. The number of nitrogens with two attached hydrogens (primary N) is 1. The Morgan fingerprint density at radius 2 is 2.00 bits per heavy atom. The third-order valence-electron chi connectivity index (χ3n) is 2.94. The van der Waals surface area contributed by atoms with Gasteiger partial charge in [-0.2, -0.15) is 0 Å². The van der Waals surface area contributed by atoms with Crippen LogP contribution in [0.5, 0.6) is 5.75 Å². The first-order valence-corrected chi connectivity index (χ1v) is 6.50. The predicted octanol–water partition coefficient (Wildman–Crippen LogP) is 2.58. The van der Waals surface area contributed by atoms with E-state index in [1.54, 1.807) is 13.2 Å². The Balaban J connectivity index is 2.39. The van der Waals surface area contributed by atoms with Crippen LogP contribution in [-0.2, 0) is 11.3 Å². The van der Waals surface area contributed by atoms with Crippen molar-refractivity contribution in [3.63, 3.8) is 0 Å². The number of rotatable bonds is 5. The Kier molecular flexibility index (Phi) is 4.53. The van der Waals surface area contributed by atoms with Crippen molar-refractivity contribution in [3.05, 3.63) is 35.7 Å². The number of nitrogens with zero attached hydrogens (tertiary/aromatic N) is 2. The number of hydrogen-bond acceptors (Lipinski definition) is 5. The molecule has 0 saturated heterocycles. The number of benzene rings is 1. The maximum Gasteiger partial charge on any atom is 0.157 e. The van der Waals surface area contributed by atoms with Gasteiger partial charge in [-0.3, -0.25) is 0 Å². The van der Waals surface area contributed by atoms with E-state index >= 15 is 0 Å². The fraction of sp³-hybridized carbons (Fsp3) is 0.333. The highest BCUT2D eigenvalue weighted by molar-refractivity contribution is 5.66. The molecule has 1 aromatic carbocycles. The van der Waals surface area contributed by atoms with Crippen LogP contribution in [-0.4, -0.2) is 23.7 Å². The molecule has 0 saturated carbocycles. The van der Waals surface area contributed by atoms with Gasteiger partial charge in [0, 0.05) is 18.2 Å². The van der Waals surface area contributed by atoms with Gasteiger partial charge in [0.2, 0.25) is 0 Å². The SMILES string of the molecule is CCOCc1nc(N)cc(-c2ccc(OC)cc2C)n1. The van der Waals surface area contributed by atoms with Crippen LogP contribution in [0.15, 0.2) is 24.3 Å². The van der Waals surface area contributed by atoms with Gasteiger partial charge < -0.3 is 15.2 Å². The molecule has 1 aromatic heterocycles. The number of aryl methyl sites for hydroxylation is 1. The lowest BCUT2D eigenvalue weighted by Crippen LogP contribution is -2.04. The first kappa shape index (κ1) is 14.3. The Morgan fingerprint density at radius 3 is 2.65 bits per heavy atom. The van der Waals surface area contributed by atoms with Gasteiger partial charge in [0.25, 0.3) is 0 Å². The largest absolute Gasteiger partial charge is 0.497 e. The molecule has 106 valence electrons. The van der Waals surface area contributed by atoms with Gasteiger partial charge in [-0.15, -0.1) is 0 Å². The van der Waals surface area contributed by atoms with Gasteiger partial charge in [-0.05, 0) is 37.6 Å². The summed E-state index contributed by atoms with van der Waals surface area (Å²) in [5, 5.41) is 0. The lowest BCUT2D eigenvalue weighted by atomic mass is 10.0. The van der Waals surface area contributed by atoms with Crippen molar-refractivity contribution in [2.24, 2.45) is 0 Å². The zero-order chi connectivity index (χ0) is 14.5. The number of nitrogen functional groups attached to an aromatic ring is 1. The zero-order valence-electron chi connectivity index (χ0n) is 12.0. The number of aromatic nitrogens is 2. The fourth-order valence-corrected chi connectivity index (χ4v) is 1.96. The number of methoxy groups -OCH3 is 1. The third-order valence-corrected chi connectivity index (χ3v) is 2.94. The van der Waals surface area contributed by atoms with Gasteiger partial charge >= 0.3 is 0 Å². The summed E-state index contributed by atoms with van der Waals surface area (Å²) in [4.78, 5) is 8.68. The smallest absolute Gasteiger partial charge is 0.157 e. The first-order chi connectivity index (χ1) is 9.63. The molecule has 2 N–H and O–H groups in total. The minimum atomic E-state index is 0.365. The first-order valence-electron chi connectivity index (χ1n) is 6.50. The molecule has 20 heavy (non-hydrogen) atoms. The molecule has 1 heterocycles. The normalized spacial score (nSPS) is 10.6. The maximum atomic E-state index is 5.84. The molecule has 5 heteroatoms. The molecule has 0 aliphatic carbocycles. The minimum Gasteiger partial charge on any atom is -0.497 e. The van der Waals surface area contributed by atoms with Crippen molar-refractivity contribution in [2.75, 3.05) is 19.5 Å². The van der Waals surface area contributed by atoms with Crippen molar-refractivity contribution in [2.45, 2.75) is 20.5 Å².